The number of nitrogens with zero attached hydrogens (tertiary/aromatic N) is 1. The maximum Gasteiger partial charge on any atom is 0.274 e. The van der Waals surface area contributed by atoms with Crippen LogP contribution in [0.25, 0.3) is 5.69 Å². The number of benzene rings is 2. The first-order valence-electron chi connectivity index (χ1n) is 8.67. The number of para-hydroxylation sites is 1. The molecule has 0 saturated heterocycles. The van der Waals surface area contributed by atoms with Crippen LogP contribution in [0.3, 0.4) is 0 Å². The summed E-state index contributed by atoms with van der Waals surface area (Å²) in [6.45, 7) is 1.80. The van der Waals surface area contributed by atoms with Crippen LogP contribution < -0.4 is 10.0 Å². The highest BCUT2D eigenvalue weighted by Gasteiger charge is 2.15. The quantitative estimate of drug-likeness (QED) is 0.508. The molecule has 0 aliphatic carbocycles. The van der Waals surface area contributed by atoms with Crippen molar-refractivity contribution in [2.24, 2.45) is 0 Å². The van der Waals surface area contributed by atoms with E-state index in [0.29, 0.717) is 28.3 Å². The van der Waals surface area contributed by atoms with Crippen LogP contribution in [0.4, 0.5) is 11.4 Å². The second-order valence-electron chi connectivity index (χ2n) is 6.10. The van der Waals surface area contributed by atoms with E-state index in [1.807, 2.05) is 30.3 Å². The van der Waals surface area contributed by atoms with Crippen LogP contribution in [-0.4, -0.2) is 29.6 Å². The Morgan fingerprint density at radius 1 is 1.07 bits per heavy atom. The minimum atomic E-state index is -3.35. The van der Waals surface area contributed by atoms with E-state index in [0.717, 1.165) is 5.69 Å². The Balaban J connectivity index is 1.77. The van der Waals surface area contributed by atoms with E-state index in [4.69, 9.17) is 12.2 Å². The number of carbonyl (C=O) groups is 1. The van der Waals surface area contributed by atoms with Crippen LogP contribution >= 0.6 is 12.2 Å². The van der Waals surface area contributed by atoms with Crippen LogP contribution in [0.15, 0.2) is 60.8 Å². The fourth-order valence-corrected chi connectivity index (χ4v) is 4.08. The molecule has 0 spiro atoms. The van der Waals surface area contributed by atoms with Gasteiger partial charge in [0.05, 0.1) is 5.75 Å². The van der Waals surface area contributed by atoms with E-state index in [1.54, 1.807) is 42.0 Å². The predicted molar refractivity (Wildman–Crippen MR) is 113 cm³/mol. The van der Waals surface area contributed by atoms with Gasteiger partial charge in [0.1, 0.15) is 5.69 Å². The molecule has 0 saturated carbocycles. The van der Waals surface area contributed by atoms with E-state index in [2.05, 4.69) is 15.0 Å². The minimum Gasteiger partial charge on any atom is -0.336 e. The molecule has 7 nitrogen and oxygen atoms in total. The van der Waals surface area contributed by atoms with Gasteiger partial charge in [0.15, 0.2) is 4.77 Å². The van der Waals surface area contributed by atoms with Crippen molar-refractivity contribution in [2.75, 3.05) is 15.8 Å². The van der Waals surface area contributed by atoms with Crippen LogP contribution in [0.2, 0.25) is 0 Å². The van der Waals surface area contributed by atoms with Gasteiger partial charge in [-0.1, -0.05) is 25.1 Å². The van der Waals surface area contributed by atoms with E-state index < -0.39 is 10.0 Å². The molecule has 3 N–H and O–H groups in total. The van der Waals surface area contributed by atoms with E-state index >= 15 is 0 Å². The Morgan fingerprint density at radius 2 is 1.71 bits per heavy atom. The maximum absolute atomic E-state index is 12.7. The number of nitrogens with one attached hydrogen (secondary N) is 3. The van der Waals surface area contributed by atoms with Gasteiger partial charge in [0.2, 0.25) is 10.0 Å². The molecule has 0 unspecified atom stereocenters. The second kappa shape index (κ2) is 8.41. The molecule has 1 amide bonds. The number of carbonyl (C=O) groups excluding carboxylic acids is 1. The third-order valence-corrected chi connectivity index (χ3v) is 5.71. The number of sulfonamides is 1. The van der Waals surface area contributed by atoms with Crippen molar-refractivity contribution in [1.29, 1.82) is 0 Å². The number of aromatic nitrogens is 2. The van der Waals surface area contributed by atoms with E-state index in [1.165, 1.54) is 0 Å². The molecule has 0 aliphatic heterocycles. The first-order valence-corrected chi connectivity index (χ1v) is 10.7. The molecule has 0 aliphatic rings. The van der Waals surface area contributed by atoms with Crippen molar-refractivity contribution < 1.29 is 13.2 Å². The zero-order chi connectivity index (χ0) is 20.1. The Hall–Kier alpha value is -2.91. The molecule has 3 aromatic rings. The lowest BCUT2D eigenvalue weighted by molar-refractivity contribution is 0.102. The molecule has 2 aromatic carbocycles. The molecule has 1 aromatic heterocycles. The first kappa shape index (κ1) is 19.8. The molecule has 9 heteroatoms. The fraction of sp³-hybridized carbons (Fsp3) is 0.158. The third kappa shape index (κ3) is 4.68. The van der Waals surface area contributed by atoms with Crippen molar-refractivity contribution in [3.63, 3.8) is 0 Å². The highest BCUT2D eigenvalue weighted by atomic mass is 32.2. The number of H-pyrrole nitrogens is 1. The molecule has 0 atom stereocenters. The monoisotopic (exact) mass is 416 g/mol. The standard InChI is InChI=1S/C19H20N4O3S2/c1-2-12-28(25,26)22-15-10-8-14(9-11-15)21-18(24)17-13-20-19(27)23(17)16-6-4-3-5-7-16/h3-11,13,22H,2,12H2,1H3,(H,20,27)(H,21,24). The van der Waals surface area contributed by atoms with Crippen molar-refractivity contribution in [3.8, 4) is 5.69 Å². The van der Waals surface area contributed by atoms with Crippen LogP contribution in [0, 0.1) is 4.77 Å². The molecule has 0 fully saturated rings. The normalized spacial score (nSPS) is 11.2. The molecule has 0 radical (unpaired) electrons. The van der Waals surface area contributed by atoms with Gasteiger partial charge < -0.3 is 10.3 Å². The highest BCUT2D eigenvalue weighted by molar-refractivity contribution is 7.92. The smallest absolute Gasteiger partial charge is 0.274 e. The summed E-state index contributed by atoms with van der Waals surface area (Å²) in [6.07, 6.45) is 2.09. The number of aromatic amines is 1. The lowest BCUT2D eigenvalue weighted by Crippen LogP contribution is -2.17. The van der Waals surface area contributed by atoms with Gasteiger partial charge >= 0.3 is 0 Å². The van der Waals surface area contributed by atoms with Crippen LogP contribution in [0.5, 0.6) is 0 Å². The van der Waals surface area contributed by atoms with Gasteiger partial charge in [-0.3, -0.25) is 14.1 Å². The summed E-state index contributed by atoms with van der Waals surface area (Å²) >= 11 is 5.29. The van der Waals surface area contributed by atoms with Gasteiger partial charge in [-0.2, -0.15) is 0 Å². The summed E-state index contributed by atoms with van der Waals surface area (Å²) in [5.41, 5.74) is 2.12. The van der Waals surface area contributed by atoms with Gasteiger partial charge in [0.25, 0.3) is 5.91 Å². The maximum atomic E-state index is 12.7. The summed E-state index contributed by atoms with van der Waals surface area (Å²) in [7, 11) is -3.35. The van der Waals surface area contributed by atoms with Gasteiger partial charge in [-0.25, -0.2) is 8.42 Å². The Kier molecular flexibility index (Phi) is 5.96. The molecule has 28 heavy (non-hydrogen) atoms. The number of hydrogen-bond donors (Lipinski definition) is 3. The summed E-state index contributed by atoms with van der Waals surface area (Å²) in [5, 5.41) is 2.79. The summed E-state index contributed by atoms with van der Waals surface area (Å²) in [5.74, 6) is -0.280. The van der Waals surface area contributed by atoms with Gasteiger partial charge in [-0.05, 0) is 55.0 Å². The van der Waals surface area contributed by atoms with Gasteiger partial charge in [-0.15, -0.1) is 0 Å². The minimum absolute atomic E-state index is 0.0574. The molecular formula is C19H20N4O3S2. The summed E-state index contributed by atoms with van der Waals surface area (Å²) in [6, 6.07) is 15.8. The Bertz CT molecular complexity index is 1120. The molecule has 146 valence electrons. The number of imidazole rings is 1. The third-order valence-electron chi connectivity index (χ3n) is 3.91. The average molecular weight is 417 g/mol. The van der Waals surface area contributed by atoms with Crippen molar-refractivity contribution in [1.82, 2.24) is 9.55 Å². The fourth-order valence-electron chi connectivity index (χ4n) is 2.69. The number of anilines is 2. The number of rotatable bonds is 7. The van der Waals surface area contributed by atoms with Crippen LogP contribution in [-0.2, 0) is 10.0 Å². The topological polar surface area (TPSA) is 96.0 Å². The van der Waals surface area contributed by atoms with Gasteiger partial charge in [0, 0.05) is 23.3 Å². The lowest BCUT2D eigenvalue weighted by Gasteiger charge is -2.10. The van der Waals surface area contributed by atoms with Crippen molar-refractivity contribution in [2.45, 2.75) is 13.3 Å². The van der Waals surface area contributed by atoms with Crippen LogP contribution in [0.1, 0.15) is 23.8 Å². The summed E-state index contributed by atoms with van der Waals surface area (Å²) < 4.78 is 28.2. The zero-order valence-electron chi connectivity index (χ0n) is 15.2. The van der Waals surface area contributed by atoms with Crippen molar-refractivity contribution >= 4 is 39.5 Å². The molecule has 3 rings (SSSR count). The SMILES string of the molecule is CCCS(=O)(=O)Nc1ccc(NC(=O)c2c[nH]c(=S)n2-c2ccccc2)cc1. The molecule has 1 heterocycles. The average Bonchev–Trinajstić information content (AvgIpc) is 3.05. The number of amides is 1. The first-order chi connectivity index (χ1) is 13.4. The zero-order valence-corrected chi connectivity index (χ0v) is 16.8. The Morgan fingerprint density at radius 3 is 2.36 bits per heavy atom. The molecule has 0 bridgehead atoms. The van der Waals surface area contributed by atoms with E-state index in [9.17, 15) is 13.2 Å². The molecular weight excluding hydrogens is 396 g/mol. The largest absolute Gasteiger partial charge is 0.336 e. The number of hydrogen-bond acceptors (Lipinski definition) is 4. The second-order valence-corrected chi connectivity index (χ2v) is 8.33. The van der Waals surface area contributed by atoms with E-state index in [-0.39, 0.29) is 11.7 Å². The summed E-state index contributed by atoms with van der Waals surface area (Å²) in [4.78, 5) is 15.6. The Labute approximate surface area is 168 Å². The predicted octanol–water partition coefficient (Wildman–Crippen LogP) is 3.94. The van der Waals surface area contributed by atoms with Crippen molar-refractivity contribution in [3.05, 3.63) is 71.3 Å². The highest BCUT2D eigenvalue weighted by Crippen LogP contribution is 2.18. The lowest BCUT2D eigenvalue weighted by atomic mass is 10.2.